The van der Waals surface area contributed by atoms with Crippen molar-refractivity contribution in [1.29, 1.82) is 0 Å². The molecular weight excluding hydrogens is 276 g/mol. The third kappa shape index (κ3) is 1.21. The van der Waals surface area contributed by atoms with Crippen molar-refractivity contribution in [2.45, 2.75) is 43.4 Å². The van der Waals surface area contributed by atoms with Crippen molar-refractivity contribution in [2.75, 3.05) is 0 Å². The Balaban J connectivity index is 1.89. The highest BCUT2D eigenvalue weighted by Gasteiger charge is 2.70. The van der Waals surface area contributed by atoms with Crippen molar-refractivity contribution >= 4 is 17.3 Å². The summed E-state index contributed by atoms with van der Waals surface area (Å²) in [6, 6.07) is 4.02. The Morgan fingerprint density at radius 3 is 2.55 bits per heavy atom. The molecule has 110 valence electrons. The van der Waals surface area contributed by atoms with Crippen molar-refractivity contribution in [3.8, 4) is 0 Å². The molecule has 3 aliphatic carbocycles. The van der Waals surface area contributed by atoms with Crippen LogP contribution in [0.1, 0.15) is 49.3 Å². The van der Waals surface area contributed by atoms with Crippen LogP contribution in [0.5, 0.6) is 0 Å². The topological polar surface area (TPSA) is 59.4 Å². The first-order valence-electron chi connectivity index (χ1n) is 7.88. The summed E-state index contributed by atoms with van der Waals surface area (Å²) in [5, 5.41) is 0. The van der Waals surface area contributed by atoms with Crippen molar-refractivity contribution in [1.82, 2.24) is 4.98 Å². The van der Waals surface area contributed by atoms with Crippen LogP contribution < -0.4 is 0 Å². The number of nitrogens with zero attached hydrogens (tertiary/aromatic N) is 2. The number of aromatic nitrogens is 1. The molecule has 1 atom stereocenters. The van der Waals surface area contributed by atoms with Gasteiger partial charge >= 0.3 is 0 Å². The number of carbonyl (C=O) groups is 2. The van der Waals surface area contributed by atoms with Gasteiger partial charge in [0.15, 0.2) is 0 Å². The fraction of sp³-hybridized carbons (Fsp3) is 0.444. The Bertz CT molecular complexity index is 770. The second-order valence-electron chi connectivity index (χ2n) is 7.07. The van der Waals surface area contributed by atoms with Gasteiger partial charge in [0.1, 0.15) is 11.6 Å². The maximum atomic E-state index is 12.4. The minimum Gasteiger partial charge on any atom is -0.300 e. The molecule has 0 saturated heterocycles. The summed E-state index contributed by atoms with van der Waals surface area (Å²) in [5.41, 5.74) is 2.44. The smallest absolute Gasteiger partial charge is 0.134 e. The summed E-state index contributed by atoms with van der Waals surface area (Å²) in [6.45, 7) is 0. The third-order valence-corrected chi connectivity index (χ3v) is 6.11. The zero-order valence-electron chi connectivity index (χ0n) is 12.2. The van der Waals surface area contributed by atoms with Gasteiger partial charge in [-0.15, -0.1) is 0 Å². The summed E-state index contributed by atoms with van der Waals surface area (Å²) >= 11 is 0. The van der Waals surface area contributed by atoms with Gasteiger partial charge in [-0.2, -0.15) is 0 Å². The zero-order valence-corrected chi connectivity index (χ0v) is 12.2. The molecule has 2 heterocycles. The fourth-order valence-electron chi connectivity index (χ4n) is 5.48. The highest BCUT2D eigenvalue weighted by Crippen LogP contribution is 2.67. The molecule has 1 aromatic heterocycles. The molecule has 2 fully saturated rings. The van der Waals surface area contributed by atoms with E-state index in [1.165, 1.54) is 0 Å². The number of Topliss-reactive ketones (excluding diaryl/α,β-unsaturated/α-hetero) is 2. The van der Waals surface area contributed by atoms with Crippen LogP contribution in [0.25, 0.3) is 0 Å². The lowest BCUT2D eigenvalue weighted by Gasteiger charge is -2.48. The largest absolute Gasteiger partial charge is 0.300 e. The Kier molecular flexibility index (Phi) is 2.15. The number of carbonyl (C=O) groups excluding carboxylic acids is 2. The Morgan fingerprint density at radius 2 is 1.77 bits per heavy atom. The molecule has 0 radical (unpaired) electrons. The summed E-state index contributed by atoms with van der Waals surface area (Å²) in [6.07, 6.45) is 8.44. The average Bonchev–Trinajstić information content (AvgIpc) is 2.96. The van der Waals surface area contributed by atoms with E-state index in [9.17, 15) is 9.59 Å². The first-order valence-corrected chi connectivity index (χ1v) is 7.88. The zero-order chi connectivity index (χ0) is 14.9. The molecule has 4 nitrogen and oxygen atoms in total. The molecule has 2 saturated carbocycles. The van der Waals surface area contributed by atoms with E-state index in [1.54, 1.807) is 0 Å². The second kappa shape index (κ2) is 3.80. The maximum absolute atomic E-state index is 12.4. The number of rotatable bonds is 0. The number of ketones is 2. The Labute approximate surface area is 128 Å². The molecular formula is C18H16N2O2. The van der Waals surface area contributed by atoms with Gasteiger partial charge in [0.05, 0.1) is 5.69 Å². The molecule has 4 heteroatoms. The Morgan fingerprint density at radius 1 is 1.05 bits per heavy atom. The van der Waals surface area contributed by atoms with Gasteiger partial charge < -0.3 is 0 Å². The van der Waals surface area contributed by atoms with Crippen molar-refractivity contribution in [2.24, 2.45) is 10.4 Å². The van der Waals surface area contributed by atoms with E-state index in [2.05, 4.69) is 22.1 Å². The van der Waals surface area contributed by atoms with E-state index in [1.807, 2.05) is 18.5 Å². The number of hydrogen-bond donors (Lipinski definition) is 0. The molecule has 0 amide bonds. The third-order valence-electron chi connectivity index (χ3n) is 6.11. The van der Waals surface area contributed by atoms with Crippen molar-refractivity contribution < 1.29 is 9.59 Å². The van der Waals surface area contributed by atoms with Crippen LogP contribution in [-0.4, -0.2) is 22.3 Å². The quantitative estimate of drug-likeness (QED) is 0.738. The molecule has 0 bridgehead atoms. The number of fused-ring (bicyclic) bond motifs is 3. The van der Waals surface area contributed by atoms with E-state index in [0.29, 0.717) is 25.7 Å². The van der Waals surface area contributed by atoms with E-state index in [4.69, 9.17) is 0 Å². The van der Waals surface area contributed by atoms with Crippen LogP contribution in [0.4, 0.5) is 0 Å². The van der Waals surface area contributed by atoms with Gasteiger partial charge in [-0.05, 0) is 18.1 Å². The van der Waals surface area contributed by atoms with E-state index < -0.39 is 0 Å². The number of allylic oxidation sites excluding steroid dienone is 1. The van der Waals surface area contributed by atoms with E-state index >= 15 is 0 Å². The first-order chi connectivity index (χ1) is 10.7. The van der Waals surface area contributed by atoms with E-state index in [0.717, 1.165) is 23.4 Å². The van der Waals surface area contributed by atoms with Crippen molar-refractivity contribution in [3.05, 3.63) is 41.9 Å². The van der Waals surface area contributed by atoms with Crippen LogP contribution in [0.2, 0.25) is 0 Å². The molecule has 4 aliphatic rings. The molecule has 0 aromatic carbocycles. The number of hydrogen-bond acceptors (Lipinski definition) is 4. The molecule has 0 N–H and O–H groups in total. The summed E-state index contributed by atoms with van der Waals surface area (Å²) in [4.78, 5) is 34.1. The molecule has 5 rings (SSSR count). The standard InChI is InChI=1S/C18H16N2O2/c21-11-7-17-8-12(22)10-18(17,9-11)16-13(3-1-6-20-16)15-14(17)4-2-5-19-15/h1-2,4-6,13H,3,7-10H2. The van der Waals surface area contributed by atoms with Crippen LogP contribution in [0.3, 0.4) is 0 Å². The SMILES string of the molecule is O=C1CC23CC(=O)CC2(C1)c1cccnc1C1CC=CN=C13. The maximum Gasteiger partial charge on any atom is 0.134 e. The molecule has 1 unspecified atom stereocenters. The first kappa shape index (κ1) is 12.4. The summed E-state index contributed by atoms with van der Waals surface area (Å²) in [5.74, 6) is 0.659. The Hall–Kier alpha value is -2.10. The van der Waals surface area contributed by atoms with Crippen molar-refractivity contribution in [3.63, 3.8) is 0 Å². The highest BCUT2D eigenvalue weighted by atomic mass is 16.1. The lowest BCUT2D eigenvalue weighted by molar-refractivity contribution is -0.120. The molecule has 0 spiro atoms. The van der Waals surface area contributed by atoms with Gasteiger partial charge in [0.2, 0.25) is 0 Å². The molecule has 1 aliphatic heterocycles. The van der Waals surface area contributed by atoms with Gasteiger partial charge in [0, 0.05) is 60.5 Å². The minimum atomic E-state index is -0.384. The summed E-state index contributed by atoms with van der Waals surface area (Å²) < 4.78 is 0. The van der Waals surface area contributed by atoms with E-state index in [-0.39, 0.29) is 28.3 Å². The second-order valence-corrected chi connectivity index (χ2v) is 7.07. The average molecular weight is 292 g/mol. The summed E-state index contributed by atoms with van der Waals surface area (Å²) in [7, 11) is 0. The fourth-order valence-corrected chi connectivity index (χ4v) is 5.48. The monoisotopic (exact) mass is 292 g/mol. The van der Waals surface area contributed by atoms with Gasteiger partial charge in [-0.3, -0.25) is 19.6 Å². The highest BCUT2D eigenvalue weighted by molar-refractivity contribution is 6.11. The number of aliphatic imine (C=N–C) groups is 1. The van der Waals surface area contributed by atoms with Gasteiger partial charge in [0.25, 0.3) is 0 Å². The lowest BCUT2D eigenvalue weighted by Crippen LogP contribution is -2.50. The van der Waals surface area contributed by atoms with Gasteiger partial charge in [-0.25, -0.2) is 0 Å². The number of pyridine rings is 1. The van der Waals surface area contributed by atoms with Crippen LogP contribution in [0.15, 0.2) is 35.6 Å². The predicted molar refractivity (Wildman–Crippen MR) is 80.8 cm³/mol. The minimum absolute atomic E-state index is 0.131. The van der Waals surface area contributed by atoms with Gasteiger partial charge in [-0.1, -0.05) is 12.1 Å². The lowest BCUT2D eigenvalue weighted by atomic mass is 9.54. The van der Waals surface area contributed by atoms with Crippen LogP contribution >= 0.6 is 0 Å². The normalized spacial score (nSPS) is 38.2. The molecule has 22 heavy (non-hydrogen) atoms. The van der Waals surface area contributed by atoms with Crippen LogP contribution in [0, 0.1) is 5.41 Å². The molecule has 1 aromatic rings. The van der Waals surface area contributed by atoms with Crippen LogP contribution in [-0.2, 0) is 15.0 Å². The predicted octanol–water partition coefficient (Wildman–Crippen LogP) is 2.49.